The summed E-state index contributed by atoms with van der Waals surface area (Å²) in [5.41, 5.74) is 2.36. The molecule has 2 aromatic rings. The maximum Gasteiger partial charge on any atom is 0.260 e. The molecule has 0 radical (unpaired) electrons. The molecule has 0 bridgehead atoms. The largest absolute Gasteiger partial charge is 0.494 e. The summed E-state index contributed by atoms with van der Waals surface area (Å²) in [6.07, 6.45) is 1.28. The van der Waals surface area contributed by atoms with Crippen LogP contribution in [0.4, 0.5) is 0 Å². The number of para-hydroxylation sites is 1. The summed E-state index contributed by atoms with van der Waals surface area (Å²) in [5.74, 6) is 1.94. The van der Waals surface area contributed by atoms with Crippen LogP contribution < -0.4 is 14.8 Å². The van der Waals surface area contributed by atoms with E-state index in [4.69, 9.17) is 9.47 Å². The molecule has 2 rings (SSSR count). The molecule has 0 saturated heterocycles. The van der Waals surface area contributed by atoms with Crippen molar-refractivity contribution in [3.8, 4) is 11.5 Å². The van der Waals surface area contributed by atoms with E-state index in [-0.39, 0.29) is 5.91 Å². The van der Waals surface area contributed by atoms with Crippen LogP contribution in [0.2, 0.25) is 0 Å². The first-order valence-corrected chi connectivity index (χ1v) is 9.76. The van der Waals surface area contributed by atoms with Gasteiger partial charge in [-0.2, -0.15) is 0 Å². The maximum absolute atomic E-state index is 12.3. The Kier molecular flexibility index (Phi) is 8.18. The fourth-order valence-electron chi connectivity index (χ4n) is 2.88. The van der Waals surface area contributed by atoms with Crippen LogP contribution in [0.3, 0.4) is 0 Å². The first kappa shape index (κ1) is 20.8. The molecule has 0 aromatic heterocycles. The number of aryl methyl sites for hydroxylation is 1. The Hall–Kier alpha value is -2.49. The maximum atomic E-state index is 12.3. The van der Waals surface area contributed by atoms with Gasteiger partial charge in [-0.25, -0.2) is 0 Å². The van der Waals surface area contributed by atoms with Crippen LogP contribution in [0, 0.1) is 0 Å². The van der Waals surface area contributed by atoms with Crippen molar-refractivity contribution in [2.45, 2.75) is 52.6 Å². The van der Waals surface area contributed by atoms with Crippen LogP contribution in [-0.4, -0.2) is 25.2 Å². The van der Waals surface area contributed by atoms with Gasteiger partial charge in [-0.05, 0) is 61.9 Å². The fourth-order valence-corrected chi connectivity index (χ4v) is 2.88. The number of amides is 1. The lowest BCUT2D eigenvalue weighted by molar-refractivity contribution is -0.127. The van der Waals surface area contributed by atoms with Crippen molar-refractivity contribution in [3.05, 3.63) is 59.7 Å². The minimum Gasteiger partial charge on any atom is -0.494 e. The Labute approximate surface area is 162 Å². The Morgan fingerprint density at radius 1 is 1.04 bits per heavy atom. The second-order valence-corrected chi connectivity index (χ2v) is 6.92. The molecule has 146 valence electrons. The van der Waals surface area contributed by atoms with Crippen molar-refractivity contribution in [3.63, 3.8) is 0 Å². The van der Waals surface area contributed by atoms with E-state index in [0.29, 0.717) is 19.1 Å². The van der Waals surface area contributed by atoms with Gasteiger partial charge in [-0.15, -0.1) is 0 Å². The van der Waals surface area contributed by atoms with Crippen molar-refractivity contribution in [1.82, 2.24) is 5.32 Å². The van der Waals surface area contributed by atoms with Crippen molar-refractivity contribution in [1.29, 1.82) is 0 Å². The van der Waals surface area contributed by atoms with Crippen LogP contribution in [0.5, 0.6) is 11.5 Å². The first-order valence-electron chi connectivity index (χ1n) is 9.76. The van der Waals surface area contributed by atoms with Gasteiger partial charge in [0.25, 0.3) is 5.91 Å². The van der Waals surface area contributed by atoms with Crippen LogP contribution in [-0.2, 0) is 11.2 Å². The third-order valence-electron chi connectivity index (χ3n) is 4.39. The number of carbonyl (C=O) groups excluding carboxylic acids is 1. The lowest BCUT2D eigenvalue weighted by Crippen LogP contribution is -2.37. The zero-order valence-electron chi connectivity index (χ0n) is 16.8. The molecular formula is C23H31NO3. The van der Waals surface area contributed by atoms with Gasteiger partial charge in [0.1, 0.15) is 11.5 Å². The molecule has 0 saturated carbocycles. The second-order valence-electron chi connectivity index (χ2n) is 6.92. The Morgan fingerprint density at radius 2 is 1.74 bits per heavy atom. The zero-order chi connectivity index (χ0) is 19.6. The average molecular weight is 370 g/mol. The Morgan fingerprint density at radius 3 is 2.41 bits per heavy atom. The van der Waals surface area contributed by atoms with Crippen LogP contribution in [0.25, 0.3) is 0 Å². The van der Waals surface area contributed by atoms with Crippen molar-refractivity contribution in [2.75, 3.05) is 13.2 Å². The van der Waals surface area contributed by atoms with Crippen molar-refractivity contribution in [2.24, 2.45) is 0 Å². The van der Waals surface area contributed by atoms with E-state index in [1.807, 2.05) is 43.3 Å². The SMILES string of the molecule is CCOc1ccc(CCCNC(=O)C(C)Oc2ccccc2C(C)C)cc1. The van der Waals surface area contributed by atoms with Crippen LogP contribution in [0.15, 0.2) is 48.5 Å². The molecule has 0 fully saturated rings. The number of benzene rings is 2. The number of hydrogen-bond acceptors (Lipinski definition) is 3. The van der Waals surface area contributed by atoms with E-state index < -0.39 is 6.10 Å². The van der Waals surface area contributed by atoms with Gasteiger partial charge in [0.05, 0.1) is 6.61 Å². The highest BCUT2D eigenvalue weighted by atomic mass is 16.5. The van der Waals surface area contributed by atoms with Gasteiger partial charge in [0, 0.05) is 6.54 Å². The Balaban J connectivity index is 1.75. The molecule has 1 atom stereocenters. The summed E-state index contributed by atoms with van der Waals surface area (Å²) in [7, 11) is 0. The molecular weight excluding hydrogens is 338 g/mol. The summed E-state index contributed by atoms with van der Waals surface area (Å²) in [6.45, 7) is 9.31. The number of rotatable bonds is 10. The van der Waals surface area contributed by atoms with Crippen LogP contribution >= 0.6 is 0 Å². The van der Waals surface area contributed by atoms with Gasteiger partial charge in [0.15, 0.2) is 6.10 Å². The molecule has 1 amide bonds. The quantitative estimate of drug-likeness (QED) is 0.616. The van der Waals surface area contributed by atoms with Gasteiger partial charge in [-0.1, -0.05) is 44.2 Å². The lowest BCUT2D eigenvalue weighted by Gasteiger charge is -2.18. The molecule has 0 aliphatic carbocycles. The Bertz CT molecular complexity index is 710. The normalized spacial score (nSPS) is 11.9. The molecule has 4 heteroatoms. The number of nitrogens with one attached hydrogen (secondary N) is 1. The molecule has 0 aliphatic heterocycles. The highest BCUT2D eigenvalue weighted by molar-refractivity contribution is 5.80. The predicted molar refractivity (Wildman–Crippen MR) is 110 cm³/mol. The van der Waals surface area contributed by atoms with Crippen LogP contribution in [0.1, 0.15) is 51.2 Å². The molecule has 4 nitrogen and oxygen atoms in total. The zero-order valence-corrected chi connectivity index (χ0v) is 16.8. The molecule has 1 unspecified atom stereocenters. The fraction of sp³-hybridized carbons (Fsp3) is 0.435. The highest BCUT2D eigenvalue weighted by Crippen LogP contribution is 2.26. The van der Waals surface area contributed by atoms with E-state index >= 15 is 0 Å². The number of ether oxygens (including phenoxy) is 2. The van der Waals surface area contributed by atoms with E-state index in [1.54, 1.807) is 6.92 Å². The lowest BCUT2D eigenvalue weighted by atomic mass is 10.0. The van der Waals surface area contributed by atoms with Gasteiger partial charge in [-0.3, -0.25) is 4.79 Å². The summed E-state index contributed by atoms with van der Waals surface area (Å²) < 4.78 is 11.3. The first-order chi connectivity index (χ1) is 13.0. The van der Waals surface area contributed by atoms with E-state index in [0.717, 1.165) is 29.9 Å². The number of carbonyl (C=O) groups is 1. The van der Waals surface area contributed by atoms with Gasteiger partial charge < -0.3 is 14.8 Å². The molecule has 0 spiro atoms. The monoisotopic (exact) mass is 369 g/mol. The van der Waals surface area contributed by atoms with E-state index in [9.17, 15) is 4.79 Å². The second kappa shape index (κ2) is 10.6. The topological polar surface area (TPSA) is 47.6 Å². The van der Waals surface area contributed by atoms with Crippen molar-refractivity contribution < 1.29 is 14.3 Å². The standard InChI is InChI=1S/C23H31NO3/c1-5-26-20-14-12-19(13-15-20)9-8-16-24-23(25)18(4)27-22-11-7-6-10-21(22)17(2)3/h6-7,10-15,17-18H,5,8-9,16H2,1-4H3,(H,24,25). The molecule has 1 N–H and O–H groups in total. The van der Waals surface area contributed by atoms with Crippen molar-refractivity contribution >= 4 is 5.91 Å². The minimum absolute atomic E-state index is 0.0831. The molecule has 2 aromatic carbocycles. The van der Waals surface area contributed by atoms with Gasteiger partial charge >= 0.3 is 0 Å². The predicted octanol–water partition coefficient (Wildman–Crippen LogP) is 4.73. The molecule has 27 heavy (non-hydrogen) atoms. The average Bonchev–Trinajstić information content (AvgIpc) is 2.66. The third kappa shape index (κ3) is 6.63. The van der Waals surface area contributed by atoms with Gasteiger partial charge in [0.2, 0.25) is 0 Å². The highest BCUT2D eigenvalue weighted by Gasteiger charge is 2.16. The van der Waals surface area contributed by atoms with E-state index in [1.165, 1.54) is 5.56 Å². The number of hydrogen-bond donors (Lipinski definition) is 1. The minimum atomic E-state index is -0.518. The molecule has 0 aliphatic rings. The summed E-state index contributed by atoms with van der Waals surface area (Å²) in [4.78, 5) is 12.3. The summed E-state index contributed by atoms with van der Waals surface area (Å²) in [5, 5.41) is 2.96. The summed E-state index contributed by atoms with van der Waals surface area (Å²) in [6, 6.07) is 16.0. The third-order valence-corrected chi connectivity index (χ3v) is 4.39. The molecule has 0 heterocycles. The van der Waals surface area contributed by atoms with E-state index in [2.05, 4.69) is 31.3 Å². The summed E-state index contributed by atoms with van der Waals surface area (Å²) >= 11 is 0. The smallest absolute Gasteiger partial charge is 0.260 e.